The van der Waals surface area contributed by atoms with Crippen molar-refractivity contribution in [1.82, 2.24) is 10.2 Å². The van der Waals surface area contributed by atoms with Gasteiger partial charge in [0.25, 0.3) is 0 Å². The number of likely N-dealkylation sites (tertiary alicyclic amines) is 1. The largest absolute Gasteiger partial charge is 0.368 e. The molecular weight excluding hydrogens is 178 g/mol. The van der Waals surface area contributed by atoms with Crippen molar-refractivity contribution in [2.45, 2.75) is 32.2 Å². The van der Waals surface area contributed by atoms with Crippen LogP contribution in [0.1, 0.15) is 26.7 Å². The molecule has 0 aromatic rings. The standard InChI is InChI=1S/C8H17N3O.C2H6/c1-10-8(7(9)12)3-5-11(2)6-4-8;1-2/h10H,3-6H2,1-2H3,(H2,9,12);1-2H3. The molecule has 1 amide bonds. The zero-order valence-corrected chi connectivity index (χ0v) is 9.76. The van der Waals surface area contributed by atoms with Gasteiger partial charge in [0.1, 0.15) is 0 Å². The van der Waals surface area contributed by atoms with Gasteiger partial charge in [-0.15, -0.1) is 0 Å². The second kappa shape index (κ2) is 5.98. The summed E-state index contributed by atoms with van der Waals surface area (Å²) in [5.74, 6) is -0.224. The average Bonchev–Trinajstić information content (AvgIpc) is 2.22. The van der Waals surface area contributed by atoms with Crippen molar-refractivity contribution in [3.8, 4) is 0 Å². The van der Waals surface area contributed by atoms with Crippen molar-refractivity contribution in [3.05, 3.63) is 0 Å². The Labute approximate surface area is 86.8 Å². The van der Waals surface area contributed by atoms with Crippen LogP contribution in [0.25, 0.3) is 0 Å². The Kier molecular flexibility index (Phi) is 5.72. The second-order valence-corrected chi connectivity index (χ2v) is 3.50. The molecule has 4 heteroatoms. The van der Waals surface area contributed by atoms with Gasteiger partial charge in [0.15, 0.2) is 0 Å². The fourth-order valence-electron chi connectivity index (χ4n) is 1.62. The summed E-state index contributed by atoms with van der Waals surface area (Å²) < 4.78 is 0. The Bertz CT molecular complexity index is 174. The zero-order chi connectivity index (χ0) is 11.2. The van der Waals surface area contributed by atoms with Crippen molar-refractivity contribution in [3.63, 3.8) is 0 Å². The van der Waals surface area contributed by atoms with E-state index in [0.29, 0.717) is 0 Å². The predicted molar refractivity (Wildman–Crippen MR) is 59.1 cm³/mol. The first-order chi connectivity index (χ1) is 6.60. The van der Waals surface area contributed by atoms with Crippen LogP contribution < -0.4 is 11.1 Å². The van der Waals surface area contributed by atoms with Gasteiger partial charge in [-0.1, -0.05) is 13.8 Å². The topological polar surface area (TPSA) is 58.4 Å². The number of primary amides is 1. The maximum atomic E-state index is 11.2. The fraction of sp³-hybridized carbons (Fsp3) is 0.900. The van der Waals surface area contributed by atoms with Crippen LogP contribution in [-0.4, -0.2) is 43.5 Å². The lowest BCUT2D eigenvalue weighted by Crippen LogP contribution is -2.59. The van der Waals surface area contributed by atoms with Crippen molar-refractivity contribution in [2.75, 3.05) is 27.2 Å². The number of nitrogens with two attached hydrogens (primary N) is 1. The minimum Gasteiger partial charge on any atom is -0.368 e. The van der Waals surface area contributed by atoms with Gasteiger partial charge in [-0.3, -0.25) is 4.79 Å². The Hall–Kier alpha value is -0.610. The Morgan fingerprint density at radius 1 is 1.36 bits per heavy atom. The molecule has 0 unspecified atom stereocenters. The van der Waals surface area contributed by atoms with E-state index in [1.165, 1.54) is 0 Å². The van der Waals surface area contributed by atoms with Gasteiger partial charge in [0.2, 0.25) is 5.91 Å². The number of hydrogen-bond acceptors (Lipinski definition) is 3. The maximum Gasteiger partial charge on any atom is 0.237 e. The summed E-state index contributed by atoms with van der Waals surface area (Å²) in [4.78, 5) is 13.4. The number of rotatable bonds is 2. The molecule has 4 nitrogen and oxygen atoms in total. The first kappa shape index (κ1) is 13.4. The first-order valence-electron chi connectivity index (χ1n) is 5.28. The summed E-state index contributed by atoms with van der Waals surface area (Å²) in [6.45, 7) is 5.87. The van der Waals surface area contributed by atoms with Gasteiger partial charge in [-0.05, 0) is 26.9 Å². The predicted octanol–water partition coefficient (Wildman–Crippen LogP) is 0.182. The molecule has 0 aromatic carbocycles. The molecular formula is C10H23N3O. The monoisotopic (exact) mass is 201 g/mol. The van der Waals surface area contributed by atoms with E-state index >= 15 is 0 Å². The number of piperidine rings is 1. The number of nitrogens with zero attached hydrogens (tertiary/aromatic N) is 1. The van der Waals surface area contributed by atoms with E-state index in [2.05, 4.69) is 17.3 Å². The van der Waals surface area contributed by atoms with Crippen LogP contribution in [0, 0.1) is 0 Å². The molecule has 84 valence electrons. The third-order valence-electron chi connectivity index (χ3n) is 2.79. The highest BCUT2D eigenvalue weighted by Crippen LogP contribution is 2.20. The van der Waals surface area contributed by atoms with Gasteiger partial charge >= 0.3 is 0 Å². The molecule has 0 aromatic heterocycles. The van der Waals surface area contributed by atoms with Gasteiger partial charge in [0.05, 0.1) is 5.54 Å². The molecule has 0 aliphatic carbocycles. The summed E-state index contributed by atoms with van der Waals surface area (Å²) in [5, 5.41) is 3.04. The van der Waals surface area contributed by atoms with Gasteiger partial charge in [-0.25, -0.2) is 0 Å². The molecule has 1 aliphatic rings. The van der Waals surface area contributed by atoms with Gasteiger partial charge < -0.3 is 16.0 Å². The molecule has 1 rings (SSSR count). The minimum atomic E-state index is -0.452. The minimum absolute atomic E-state index is 0.224. The summed E-state index contributed by atoms with van der Waals surface area (Å²) in [6.07, 6.45) is 1.63. The molecule has 0 atom stereocenters. The van der Waals surface area contributed by atoms with E-state index in [0.717, 1.165) is 25.9 Å². The summed E-state index contributed by atoms with van der Waals surface area (Å²) >= 11 is 0. The molecule has 1 heterocycles. The van der Waals surface area contributed by atoms with Crippen LogP contribution in [-0.2, 0) is 4.79 Å². The Balaban J connectivity index is 0.000000791. The van der Waals surface area contributed by atoms with Crippen LogP contribution in [0.2, 0.25) is 0 Å². The smallest absolute Gasteiger partial charge is 0.237 e. The van der Waals surface area contributed by atoms with E-state index in [1.807, 2.05) is 13.8 Å². The fourth-order valence-corrected chi connectivity index (χ4v) is 1.62. The molecule has 14 heavy (non-hydrogen) atoms. The van der Waals surface area contributed by atoms with Crippen molar-refractivity contribution >= 4 is 5.91 Å². The number of nitrogens with one attached hydrogen (secondary N) is 1. The molecule has 0 bridgehead atoms. The zero-order valence-electron chi connectivity index (χ0n) is 9.76. The normalized spacial score (nSPS) is 20.9. The Morgan fingerprint density at radius 3 is 2.07 bits per heavy atom. The molecule has 0 radical (unpaired) electrons. The lowest BCUT2D eigenvalue weighted by molar-refractivity contribution is -0.126. The third kappa shape index (κ3) is 2.96. The van der Waals surface area contributed by atoms with Gasteiger partial charge in [0, 0.05) is 13.1 Å². The molecule has 0 saturated carbocycles. The molecule has 3 N–H and O–H groups in total. The average molecular weight is 201 g/mol. The summed E-state index contributed by atoms with van der Waals surface area (Å²) in [7, 11) is 3.86. The summed E-state index contributed by atoms with van der Waals surface area (Å²) in [6, 6.07) is 0. The number of carbonyl (C=O) groups excluding carboxylic acids is 1. The second-order valence-electron chi connectivity index (χ2n) is 3.50. The van der Waals surface area contributed by atoms with Crippen molar-refractivity contribution in [1.29, 1.82) is 0 Å². The first-order valence-corrected chi connectivity index (χ1v) is 5.28. The molecule has 1 aliphatic heterocycles. The van der Waals surface area contributed by atoms with E-state index in [1.54, 1.807) is 7.05 Å². The number of hydrogen-bond donors (Lipinski definition) is 2. The summed E-state index contributed by atoms with van der Waals surface area (Å²) in [5.41, 5.74) is 4.89. The molecule has 1 fully saturated rings. The number of likely N-dealkylation sites (N-methyl/N-ethyl adjacent to an activating group) is 1. The number of amides is 1. The van der Waals surface area contributed by atoms with Crippen LogP contribution in [0.5, 0.6) is 0 Å². The van der Waals surface area contributed by atoms with Gasteiger partial charge in [-0.2, -0.15) is 0 Å². The highest BCUT2D eigenvalue weighted by atomic mass is 16.1. The highest BCUT2D eigenvalue weighted by molar-refractivity contribution is 5.84. The van der Waals surface area contributed by atoms with Crippen LogP contribution in [0.4, 0.5) is 0 Å². The van der Waals surface area contributed by atoms with E-state index < -0.39 is 5.54 Å². The Morgan fingerprint density at radius 2 is 1.79 bits per heavy atom. The third-order valence-corrected chi connectivity index (χ3v) is 2.79. The quantitative estimate of drug-likeness (QED) is 0.670. The number of carbonyl (C=O) groups is 1. The van der Waals surface area contributed by atoms with Crippen LogP contribution in [0.3, 0.4) is 0 Å². The lowest BCUT2D eigenvalue weighted by atomic mass is 9.87. The SMILES string of the molecule is CC.CNC1(C(N)=O)CCN(C)CC1. The highest BCUT2D eigenvalue weighted by Gasteiger charge is 2.37. The maximum absolute atomic E-state index is 11.2. The van der Waals surface area contributed by atoms with E-state index in [9.17, 15) is 4.79 Å². The van der Waals surface area contributed by atoms with Crippen LogP contribution >= 0.6 is 0 Å². The van der Waals surface area contributed by atoms with E-state index in [4.69, 9.17) is 5.73 Å². The van der Waals surface area contributed by atoms with Crippen molar-refractivity contribution < 1.29 is 4.79 Å². The van der Waals surface area contributed by atoms with E-state index in [-0.39, 0.29) is 5.91 Å². The lowest BCUT2D eigenvalue weighted by Gasteiger charge is -2.37. The molecule has 0 spiro atoms. The molecule has 1 saturated heterocycles. The van der Waals surface area contributed by atoms with Crippen LogP contribution in [0.15, 0.2) is 0 Å². The van der Waals surface area contributed by atoms with Crippen molar-refractivity contribution in [2.24, 2.45) is 5.73 Å².